The fraction of sp³-hybridized carbons (Fsp3) is 0.588. The number of hydrogen-bond donors (Lipinski definition) is 2. The van der Waals surface area contributed by atoms with Crippen molar-refractivity contribution in [3.05, 3.63) is 35.4 Å². The maximum Gasteiger partial charge on any atom is 0.191 e. The number of ether oxygens (including phenoxy) is 1. The third-order valence-corrected chi connectivity index (χ3v) is 3.26. The average Bonchev–Trinajstić information content (AvgIpc) is 2.52. The molecule has 0 aromatic heterocycles. The van der Waals surface area contributed by atoms with Gasteiger partial charge in [0.2, 0.25) is 0 Å². The largest absolute Gasteiger partial charge is 0.385 e. The van der Waals surface area contributed by atoms with Gasteiger partial charge in [-0.1, -0.05) is 31.2 Å². The van der Waals surface area contributed by atoms with Gasteiger partial charge in [-0.15, -0.1) is 24.0 Å². The summed E-state index contributed by atoms with van der Waals surface area (Å²) in [7, 11) is 1.72. The Morgan fingerprint density at radius 3 is 2.36 bits per heavy atom. The summed E-state index contributed by atoms with van der Waals surface area (Å²) in [4.78, 5) is 4.52. The van der Waals surface area contributed by atoms with Crippen molar-refractivity contribution in [1.29, 1.82) is 0 Å². The molecule has 0 saturated carbocycles. The molecule has 126 valence electrons. The zero-order valence-corrected chi connectivity index (χ0v) is 16.4. The van der Waals surface area contributed by atoms with Crippen molar-refractivity contribution in [3.63, 3.8) is 0 Å². The van der Waals surface area contributed by atoms with E-state index in [1.807, 2.05) is 0 Å². The van der Waals surface area contributed by atoms with Gasteiger partial charge in [-0.2, -0.15) is 0 Å². The molecule has 0 spiro atoms. The molecule has 1 aromatic carbocycles. The zero-order chi connectivity index (χ0) is 15.3. The van der Waals surface area contributed by atoms with E-state index in [0.29, 0.717) is 0 Å². The minimum Gasteiger partial charge on any atom is -0.385 e. The minimum atomic E-state index is 0. The van der Waals surface area contributed by atoms with Crippen LogP contribution in [0, 0.1) is 0 Å². The molecule has 0 aliphatic heterocycles. The Morgan fingerprint density at radius 1 is 1.09 bits per heavy atom. The number of aliphatic imine (C=N–C) groups is 1. The first-order chi connectivity index (χ1) is 10.3. The van der Waals surface area contributed by atoms with Crippen LogP contribution in [0.4, 0.5) is 0 Å². The van der Waals surface area contributed by atoms with E-state index < -0.39 is 0 Å². The van der Waals surface area contributed by atoms with E-state index in [9.17, 15) is 0 Å². The summed E-state index contributed by atoms with van der Waals surface area (Å²) >= 11 is 0. The highest BCUT2D eigenvalue weighted by Crippen LogP contribution is 2.05. The highest BCUT2D eigenvalue weighted by Gasteiger charge is 1.98. The normalized spacial score (nSPS) is 11.0. The van der Waals surface area contributed by atoms with Gasteiger partial charge in [0, 0.05) is 33.4 Å². The van der Waals surface area contributed by atoms with Crippen LogP contribution in [-0.4, -0.2) is 39.3 Å². The Labute approximate surface area is 152 Å². The molecular formula is C17H30IN3O. The Hall–Kier alpha value is -0.820. The van der Waals surface area contributed by atoms with Gasteiger partial charge in [-0.3, -0.25) is 4.99 Å². The molecule has 0 unspecified atom stereocenters. The Balaban J connectivity index is 0.00000441. The van der Waals surface area contributed by atoms with Crippen LogP contribution in [0.5, 0.6) is 0 Å². The average molecular weight is 419 g/mol. The number of halogens is 1. The molecule has 4 nitrogen and oxygen atoms in total. The van der Waals surface area contributed by atoms with E-state index in [2.05, 4.69) is 53.7 Å². The minimum absolute atomic E-state index is 0. The number of nitrogens with one attached hydrogen (secondary N) is 2. The lowest BCUT2D eigenvalue weighted by molar-refractivity contribution is 0.197. The molecule has 0 aliphatic rings. The fourth-order valence-corrected chi connectivity index (χ4v) is 2.01. The number of benzene rings is 1. The number of methoxy groups -OCH3 is 1. The van der Waals surface area contributed by atoms with Crippen molar-refractivity contribution in [2.24, 2.45) is 4.99 Å². The van der Waals surface area contributed by atoms with Crippen LogP contribution in [0.3, 0.4) is 0 Å². The standard InChI is InChI=1S/C17H29N3O.HI/c1-4-15-7-9-16(10-8-15)11-13-20-17(18-5-2)19-12-6-14-21-3;/h7-10H,4-6,11-14H2,1-3H3,(H2,18,19,20);1H. The topological polar surface area (TPSA) is 45.7 Å². The molecule has 1 aromatic rings. The van der Waals surface area contributed by atoms with Crippen LogP contribution < -0.4 is 10.6 Å². The van der Waals surface area contributed by atoms with Crippen LogP contribution in [-0.2, 0) is 17.6 Å². The van der Waals surface area contributed by atoms with E-state index in [1.165, 1.54) is 11.1 Å². The lowest BCUT2D eigenvalue weighted by Gasteiger charge is -2.11. The second-order valence-electron chi connectivity index (χ2n) is 4.95. The first-order valence-electron chi connectivity index (χ1n) is 7.89. The number of guanidine groups is 1. The van der Waals surface area contributed by atoms with Crippen molar-refractivity contribution in [2.75, 3.05) is 33.4 Å². The molecule has 0 saturated heterocycles. The van der Waals surface area contributed by atoms with Crippen LogP contribution >= 0.6 is 24.0 Å². The highest BCUT2D eigenvalue weighted by molar-refractivity contribution is 14.0. The van der Waals surface area contributed by atoms with Gasteiger partial charge in [0.1, 0.15) is 0 Å². The number of nitrogens with zero attached hydrogens (tertiary/aromatic N) is 1. The first-order valence-corrected chi connectivity index (χ1v) is 7.89. The van der Waals surface area contributed by atoms with E-state index in [4.69, 9.17) is 4.74 Å². The highest BCUT2D eigenvalue weighted by atomic mass is 127. The van der Waals surface area contributed by atoms with Gasteiger partial charge in [-0.25, -0.2) is 0 Å². The lowest BCUT2D eigenvalue weighted by Crippen LogP contribution is -2.38. The van der Waals surface area contributed by atoms with E-state index in [0.717, 1.165) is 51.5 Å². The predicted molar refractivity (Wildman–Crippen MR) is 105 cm³/mol. The Bertz CT molecular complexity index is 407. The maximum absolute atomic E-state index is 5.03. The van der Waals surface area contributed by atoms with Crippen molar-refractivity contribution in [2.45, 2.75) is 33.1 Å². The molecule has 0 radical (unpaired) electrons. The molecule has 0 aliphatic carbocycles. The SMILES string of the molecule is CCNC(=NCCCOC)NCCc1ccc(CC)cc1.I. The number of hydrogen-bond acceptors (Lipinski definition) is 2. The second kappa shape index (κ2) is 13.8. The molecule has 0 bridgehead atoms. The van der Waals surface area contributed by atoms with Gasteiger partial charge in [0.15, 0.2) is 5.96 Å². The predicted octanol–water partition coefficient (Wildman–Crippen LogP) is 3.00. The Kier molecular flexibility index (Phi) is 13.3. The smallest absolute Gasteiger partial charge is 0.191 e. The Morgan fingerprint density at radius 2 is 1.77 bits per heavy atom. The van der Waals surface area contributed by atoms with Gasteiger partial charge in [-0.05, 0) is 37.3 Å². The van der Waals surface area contributed by atoms with Crippen molar-refractivity contribution < 1.29 is 4.74 Å². The number of rotatable bonds is 9. The molecule has 0 atom stereocenters. The van der Waals surface area contributed by atoms with Crippen LogP contribution in [0.15, 0.2) is 29.3 Å². The number of aryl methyl sites for hydroxylation is 1. The first kappa shape index (κ1) is 21.2. The molecule has 5 heteroatoms. The summed E-state index contributed by atoms with van der Waals surface area (Å²) in [5, 5.41) is 6.63. The van der Waals surface area contributed by atoms with Crippen molar-refractivity contribution >= 4 is 29.9 Å². The molecule has 0 amide bonds. The lowest BCUT2D eigenvalue weighted by atomic mass is 10.1. The summed E-state index contributed by atoms with van der Waals surface area (Å²) < 4.78 is 5.03. The molecule has 2 N–H and O–H groups in total. The molecule has 0 fully saturated rings. The van der Waals surface area contributed by atoms with Crippen molar-refractivity contribution in [3.8, 4) is 0 Å². The van der Waals surface area contributed by atoms with E-state index >= 15 is 0 Å². The van der Waals surface area contributed by atoms with Crippen LogP contribution in [0.25, 0.3) is 0 Å². The molecule has 22 heavy (non-hydrogen) atoms. The molecule has 1 rings (SSSR count). The van der Waals surface area contributed by atoms with Gasteiger partial charge < -0.3 is 15.4 Å². The van der Waals surface area contributed by atoms with E-state index in [1.54, 1.807) is 7.11 Å². The summed E-state index contributed by atoms with van der Waals surface area (Å²) in [6.07, 6.45) is 3.05. The summed E-state index contributed by atoms with van der Waals surface area (Å²) in [6, 6.07) is 8.84. The molecular weight excluding hydrogens is 389 g/mol. The van der Waals surface area contributed by atoms with E-state index in [-0.39, 0.29) is 24.0 Å². The quantitative estimate of drug-likeness (QED) is 0.280. The fourth-order valence-electron chi connectivity index (χ4n) is 2.01. The third kappa shape index (κ3) is 9.25. The zero-order valence-electron chi connectivity index (χ0n) is 14.0. The monoisotopic (exact) mass is 419 g/mol. The van der Waals surface area contributed by atoms with Crippen molar-refractivity contribution in [1.82, 2.24) is 10.6 Å². The second-order valence-corrected chi connectivity index (χ2v) is 4.95. The van der Waals surface area contributed by atoms with Gasteiger partial charge in [0.05, 0.1) is 0 Å². The summed E-state index contributed by atoms with van der Waals surface area (Å²) in [5.41, 5.74) is 2.75. The van der Waals surface area contributed by atoms with Crippen LogP contribution in [0.2, 0.25) is 0 Å². The maximum atomic E-state index is 5.03. The van der Waals surface area contributed by atoms with Gasteiger partial charge in [0.25, 0.3) is 0 Å². The molecule has 0 heterocycles. The van der Waals surface area contributed by atoms with Crippen LogP contribution in [0.1, 0.15) is 31.4 Å². The third-order valence-electron chi connectivity index (χ3n) is 3.26. The summed E-state index contributed by atoms with van der Waals surface area (Å²) in [5.74, 6) is 0.888. The van der Waals surface area contributed by atoms with Gasteiger partial charge >= 0.3 is 0 Å². The summed E-state index contributed by atoms with van der Waals surface area (Å²) in [6.45, 7) is 7.57.